The minimum Gasteiger partial charge on any atom is -0.497 e. The van der Waals surface area contributed by atoms with Crippen molar-refractivity contribution in [2.45, 2.75) is 13.0 Å². The molecule has 17 heavy (non-hydrogen) atoms. The van der Waals surface area contributed by atoms with E-state index in [1.54, 1.807) is 7.11 Å². The van der Waals surface area contributed by atoms with Gasteiger partial charge in [0.1, 0.15) is 5.75 Å². The van der Waals surface area contributed by atoms with Gasteiger partial charge in [-0.25, -0.2) is 0 Å². The van der Waals surface area contributed by atoms with Crippen LogP contribution in [0.4, 0.5) is 0 Å². The normalized spacial score (nSPS) is 13.2. The molecule has 0 aromatic heterocycles. The monoisotopic (exact) mass is 233 g/mol. The fraction of sp³-hybridized carbons (Fsp3) is 0.308. The molecule has 0 saturated carbocycles. The van der Waals surface area contributed by atoms with Crippen molar-refractivity contribution in [3.8, 4) is 5.75 Å². The minimum atomic E-state index is -0.235. The van der Waals surface area contributed by atoms with E-state index in [4.69, 9.17) is 4.74 Å². The van der Waals surface area contributed by atoms with E-state index in [0.29, 0.717) is 0 Å². The van der Waals surface area contributed by atoms with Crippen LogP contribution in [0, 0.1) is 0 Å². The summed E-state index contributed by atoms with van der Waals surface area (Å²) in [7, 11) is 3.04. The van der Waals surface area contributed by atoms with Gasteiger partial charge in [0.05, 0.1) is 20.6 Å². The summed E-state index contributed by atoms with van der Waals surface area (Å²) in [5, 5.41) is 3.15. The Morgan fingerprint density at radius 1 is 1.41 bits per heavy atom. The molecule has 0 fully saturated rings. The van der Waals surface area contributed by atoms with Crippen LogP contribution in [-0.4, -0.2) is 20.2 Å². The largest absolute Gasteiger partial charge is 0.497 e. The van der Waals surface area contributed by atoms with E-state index in [0.717, 1.165) is 29.0 Å². The molecule has 1 aliphatic rings. The lowest BCUT2D eigenvalue weighted by Gasteiger charge is -2.19. The number of carbonyl (C=O) groups is 1. The summed E-state index contributed by atoms with van der Waals surface area (Å²) in [6.07, 6.45) is 2.15. The van der Waals surface area contributed by atoms with Gasteiger partial charge in [-0.2, -0.15) is 0 Å². The first-order chi connectivity index (χ1) is 8.24. The number of hydrogen-bond acceptors (Lipinski definition) is 4. The number of esters is 1. The lowest BCUT2D eigenvalue weighted by Crippen LogP contribution is -2.15. The molecule has 1 aromatic rings. The van der Waals surface area contributed by atoms with Crippen molar-refractivity contribution >= 4 is 11.5 Å². The molecule has 0 unspecified atom stereocenters. The lowest BCUT2D eigenvalue weighted by molar-refractivity contribution is -0.139. The Morgan fingerprint density at radius 2 is 2.24 bits per heavy atom. The highest BCUT2D eigenvalue weighted by Gasteiger charge is 2.16. The zero-order valence-corrected chi connectivity index (χ0v) is 9.95. The van der Waals surface area contributed by atoms with Crippen molar-refractivity contribution in [2.24, 2.45) is 0 Å². The van der Waals surface area contributed by atoms with Gasteiger partial charge in [0.15, 0.2) is 0 Å². The maximum Gasteiger partial charge on any atom is 0.310 e. The second-order valence-corrected chi connectivity index (χ2v) is 3.83. The number of fused-ring (bicyclic) bond motifs is 1. The molecule has 4 heteroatoms. The molecule has 1 aliphatic heterocycles. The fourth-order valence-corrected chi connectivity index (χ4v) is 1.89. The number of rotatable bonds is 3. The van der Waals surface area contributed by atoms with E-state index < -0.39 is 0 Å². The number of benzene rings is 1. The molecular formula is C13H15NO3. The number of carbonyl (C=O) groups excluding carboxylic acids is 1. The van der Waals surface area contributed by atoms with E-state index in [9.17, 15) is 4.79 Å². The van der Waals surface area contributed by atoms with Crippen molar-refractivity contribution in [1.82, 2.24) is 5.32 Å². The predicted octanol–water partition coefficient (Wildman–Crippen LogP) is 1.70. The maximum absolute atomic E-state index is 11.3. The molecule has 90 valence electrons. The highest BCUT2D eigenvalue weighted by molar-refractivity contribution is 5.86. The fourth-order valence-electron chi connectivity index (χ4n) is 1.89. The Hall–Kier alpha value is -1.97. The Labute approximate surface area is 100 Å². The van der Waals surface area contributed by atoms with Crippen LogP contribution in [0.3, 0.4) is 0 Å². The number of nitrogens with one attached hydrogen (secondary N) is 1. The molecular weight excluding hydrogens is 218 g/mol. The van der Waals surface area contributed by atoms with E-state index in [2.05, 4.69) is 10.1 Å². The summed E-state index contributed by atoms with van der Waals surface area (Å²) in [4.78, 5) is 11.3. The summed E-state index contributed by atoms with van der Waals surface area (Å²) in [5.74, 6) is 0.589. The molecule has 0 atom stereocenters. The van der Waals surface area contributed by atoms with E-state index in [1.807, 2.05) is 24.4 Å². The zero-order valence-electron chi connectivity index (χ0n) is 9.95. The van der Waals surface area contributed by atoms with Gasteiger partial charge in [0.2, 0.25) is 0 Å². The van der Waals surface area contributed by atoms with Gasteiger partial charge in [0, 0.05) is 12.7 Å². The Kier molecular flexibility index (Phi) is 3.32. The van der Waals surface area contributed by atoms with Crippen molar-refractivity contribution in [2.75, 3.05) is 14.2 Å². The van der Waals surface area contributed by atoms with Crippen LogP contribution in [0.1, 0.15) is 17.5 Å². The summed E-state index contributed by atoms with van der Waals surface area (Å²) < 4.78 is 9.86. The molecule has 0 aliphatic carbocycles. The Morgan fingerprint density at radius 3 is 2.94 bits per heavy atom. The summed E-state index contributed by atoms with van der Waals surface area (Å²) in [5.41, 5.74) is 3.15. The van der Waals surface area contributed by atoms with Crippen LogP contribution in [0.15, 0.2) is 24.4 Å². The average molecular weight is 233 g/mol. The zero-order chi connectivity index (χ0) is 12.3. The molecule has 1 N–H and O–H groups in total. The maximum atomic E-state index is 11.3. The van der Waals surface area contributed by atoms with Crippen LogP contribution in [0.5, 0.6) is 5.75 Å². The van der Waals surface area contributed by atoms with Gasteiger partial charge in [-0.3, -0.25) is 4.79 Å². The highest BCUT2D eigenvalue weighted by atomic mass is 16.5. The molecule has 0 amide bonds. The molecule has 1 heterocycles. The number of ether oxygens (including phenoxy) is 2. The third-order valence-electron chi connectivity index (χ3n) is 2.79. The van der Waals surface area contributed by atoms with Gasteiger partial charge < -0.3 is 14.8 Å². The summed E-state index contributed by atoms with van der Waals surface area (Å²) in [6, 6.07) is 5.85. The summed E-state index contributed by atoms with van der Waals surface area (Å²) in [6.45, 7) is 0.747. The number of hydrogen-bond donors (Lipinski definition) is 1. The van der Waals surface area contributed by atoms with Crippen molar-refractivity contribution < 1.29 is 14.3 Å². The second-order valence-electron chi connectivity index (χ2n) is 3.83. The second kappa shape index (κ2) is 4.91. The van der Waals surface area contributed by atoms with Crippen LogP contribution >= 0.6 is 0 Å². The average Bonchev–Trinajstić information content (AvgIpc) is 2.38. The summed E-state index contributed by atoms with van der Waals surface area (Å²) >= 11 is 0. The topological polar surface area (TPSA) is 47.6 Å². The van der Waals surface area contributed by atoms with Gasteiger partial charge >= 0.3 is 5.97 Å². The van der Waals surface area contributed by atoms with Gasteiger partial charge in [-0.05, 0) is 28.8 Å². The van der Waals surface area contributed by atoms with Crippen LogP contribution < -0.4 is 10.1 Å². The van der Waals surface area contributed by atoms with Crippen molar-refractivity contribution in [1.29, 1.82) is 0 Å². The smallest absolute Gasteiger partial charge is 0.310 e. The third-order valence-corrected chi connectivity index (χ3v) is 2.79. The van der Waals surface area contributed by atoms with Crippen molar-refractivity contribution in [3.63, 3.8) is 0 Å². The third kappa shape index (κ3) is 2.41. The van der Waals surface area contributed by atoms with Gasteiger partial charge in [-0.15, -0.1) is 0 Å². The first-order valence-corrected chi connectivity index (χ1v) is 5.41. The number of methoxy groups -OCH3 is 2. The van der Waals surface area contributed by atoms with Gasteiger partial charge in [-0.1, -0.05) is 6.07 Å². The van der Waals surface area contributed by atoms with Crippen molar-refractivity contribution in [3.05, 3.63) is 35.5 Å². The molecule has 0 bridgehead atoms. The minimum absolute atomic E-state index is 0.235. The molecule has 0 saturated heterocycles. The van der Waals surface area contributed by atoms with Crippen LogP contribution in [0.25, 0.3) is 5.57 Å². The lowest BCUT2D eigenvalue weighted by atomic mass is 9.95. The van der Waals surface area contributed by atoms with Crippen LogP contribution in [0.2, 0.25) is 0 Å². The molecule has 0 spiro atoms. The quantitative estimate of drug-likeness (QED) is 0.807. The van der Waals surface area contributed by atoms with Gasteiger partial charge in [0.25, 0.3) is 0 Å². The predicted molar refractivity (Wildman–Crippen MR) is 64.4 cm³/mol. The Balaban J connectivity index is 2.28. The molecule has 1 aromatic carbocycles. The molecule has 4 nitrogen and oxygen atoms in total. The van der Waals surface area contributed by atoms with E-state index >= 15 is 0 Å². The first-order valence-electron chi connectivity index (χ1n) is 5.41. The molecule has 2 rings (SSSR count). The Bertz CT molecular complexity index is 466. The van der Waals surface area contributed by atoms with E-state index in [1.165, 1.54) is 7.11 Å². The first kappa shape index (κ1) is 11.5. The SMILES string of the molecule is COC(=O)CC1=CNCc2cc(OC)ccc21. The van der Waals surface area contributed by atoms with Crippen LogP contribution in [-0.2, 0) is 16.1 Å². The highest BCUT2D eigenvalue weighted by Crippen LogP contribution is 2.28. The van der Waals surface area contributed by atoms with E-state index in [-0.39, 0.29) is 12.4 Å². The standard InChI is InChI=1S/C13H15NO3/c1-16-11-3-4-12-9(5-11)7-14-8-10(12)6-13(15)17-2/h3-5,8,14H,6-7H2,1-2H3. The molecule has 0 radical (unpaired) electrons.